The lowest BCUT2D eigenvalue weighted by atomic mass is 10.0. The minimum absolute atomic E-state index is 0.103. The first-order valence-electron chi connectivity index (χ1n) is 38.5. The Labute approximate surface area is 568 Å². The lowest BCUT2D eigenvalue weighted by Crippen LogP contribution is -2.30. The van der Waals surface area contributed by atoms with Gasteiger partial charge in [-0.05, 0) is 37.5 Å². The van der Waals surface area contributed by atoms with Crippen LogP contribution in [0.5, 0.6) is 0 Å². The van der Waals surface area contributed by atoms with Crippen molar-refractivity contribution in [3.05, 3.63) is 0 Å². The number of rotatable bonds is 73. The molecule has 0 saturated carbocycles. The standard InChI is InChI=1S/C74H144O17P2/c1-7-9-11-13-15-16-17-18-19-20-21-22-23-24-27-31-34-40-46-52-58-73(78)90-70(63-85-72(77)57-51-45-39-33-30-28-25-26-29-32-37-42-48-54-66(3)4)65-89-93(82,83)87-61-68(75)60-86-92(80,81)88-64-69(62-84-71(76)56-50-44-36-14-12-10-8-2)91-74(79)59-53-47-41-35-38-43-49-55-67(5)6/h66-70,75H,7-65H2,1-6H3,(H,80,81)(H,82,83)/t68-,69+,70+/m0/s1. The second-order valence-corrected chi connectivity index (χ2v) is 30.5. The molecular weight excluding hydrogens is 1220 g/mol. The molecule has 0 aliphatic carbocycles. The molecule has 0 aliphatic rings. The number of carbonyl (C=O) groups is 4. The normalized spacial score (nSPS) is 14.1. The molecule has 0 aromatic heterocycles. The zero-order valence-corrected chi connectivity index (χ0v) is 62.3. The van der Waals surface area contributed by atoms with Crippen LogP contribution in [-0.4, -0.2) is 96.7 Å². The van der Waals surface area contributed by atoms with Crippen LogP contribution in [0.1, 0.15) is 382 Å². The van der Waals surface area contributed by atoms with Crippen LogP contribution in [0.4, 0.5) is 0 Å². The van der Waals surface area contributed by atoms with E-state index in [4.69, 9.17) is 37.0 Å². The molecule has 0 radical (unpaired) electrons. The number of aliphatic hydroxyl groups is 1. The molecule has 0 amide bonds. The number of unbranched alkanes of at least 4 members (excludes halogenated alkanes) is 43. The zero-order chi connectivity index (χ0) is 68.6. The van der Waals surface area contributed by atoms with Crippen molar-refractivity contribution in [2.45, 2.75) is 400 Å². The molecule has 552 valence electrons. The van der Waals surface area contributed by atoms with E-state index >= 15 is 0 Å². The Morgan fingerprint density at radius 3 is 0.731 bits per heavy atom. The maximum Gasteiger partial charge on any atom is 0.472 e. The maximum atomic E-state index is 13.1. The Balaban J connectivity index is 5.17. The van der Waals surface area contributed by atoms with E-state index < -0.39 is 97.5 Å². The molecule has 0 aromatic carbocycles. The van der Waals surface area contributed by atoms with Gasteiger partial charge in [0.1, 0.15) is 19.3 Å². The summed E-state index contributed by atoms with van der Waals surface area (Å²) in [6.45, 7) is 9.49. The molecule has 0 rings (SSSR count). The Hall–Kier alpha value is -1.94. The number of phosphoric ester groups is 2. The summed E-state index contributed by atoms with van der Waals surface area (Å²) in [4.78, 5) is 72.5. The first kappa shape index (κ1) is 91.1. The highest BCUT2D eigenvalue weighted by atomic mass is 31.2. The molecule has 0 spiro atoms. The molecule has 19 heteroatoms. The lowest BCUT2D eigenvalue weighted by molar-refractivity contribution is -0.161. The molecule has 0 saturated heterocycles. The number of esters is 4. The molecule has 93 heavy (non-hydrogen) atoms. The van der Waals surface area contributed by atoms with Crippen LogP contribution in [0.15, 0.2) is 0 Å². The molecule has 17 nitrogen and oxygen atoms in total. The molecular formula is C74H144O17P2. The van der Waals surface area contributed by atoms with Crippen molar-refractivity contribution in [2.24, 2.45) is 11.8 Å². The van der Waals surface area contributed by atoms with Gasteiger partial charge < -0.3 is 33.8 Å². The van der Waals surface area contributed by atoms with E-state index in [1.165, 1.54) is 186 Å². The van der Waals surface area contributed by atoms with Crippen LogP contribution >= 0.6 is 15.6 Å². The van der Waals surface area contributed by atoms with Crippen LogP contribution in [0.3, 0.4) is 0 Å². The van der Waals surface area contributed by atoms with Gasteiger partial charge in [0.2, 0.25) is 0 Å². The molecule has 0 heterocycles. The van der Waals surface area contributed by atoms with Crippen molar-refractivity contribution in [3.8, 4) is 0 Å². The van der Waals surface area contributed by atoms with Crippen LogP contribution in [0.2, 0.25) is 0 Å². The Morgan fingerprint density at radius 1 is 0.290 bits per heavy atom. The average Bonchev–Trinajstić information content (AvgIpc) is 1.70. The number of ether oxygens (including phenoxy) is 4. The van der Waals surface area contributed by atoms with E-state index in [9.17, 15) is 43.2 Å². The summed E-state index contributed by atoms with van der Waals surface area (Å²) in [6, 6.07) is 0. The van der Waals surface area contributed by atoms with Crippen LogP contribution in [0, 0.1) is 11.8 Å². The van der Waals surface area contributed by atoms with Crippen LogP contribution in [-0.2, 0) is 65.4 Å². The minimum atomic E-state index is -4.95. The number of phosphoric acid groups is 2. The quantitative estimate of drug-likeness (QED) is 0.0222. The molecule has 0 aromatic rings. The maximum absolute atomic E-state index is 13.1. The van der Waals surface area contributed by atoms with E-state index in [1.54, 1.807) is 0 Å². The first-order valence-corrected chi connectivity index (χ1v) is 41.5. The van der Waals surface area contributed by atoms with E-state index in [2.05, 4.69) is 41.5 Å². The molecule has 0 aliphatic heterocycles. The Morgan fingerprint density at radius 2 is 0.495 bits per heavy atom. The SMILES string of the molecule is CCCCCCCCCCCCCCCCCCCCCCC(=O)O[C@H](COC(=O)CCCCCCCCCCCCCCCC(C)C)COP(=O)(O)OC[C@@H](O)COP(=O)(O)OC[C@@H](COC(=O)CCCCCCCCC)OC(=O)CCCCCCCCCC(C)C. The summed E-state index contributed by atoms with van der Waals surface area (Å²) >= 11 is 0. The van der Waals surface area contributed by atoms with Crippen LogP contribution in [0.25, 0.3) is 0 Å². The third-order valence-corrected chi connectivity index (χ3v) is 19.1. The Kier molecular flexibility index (Phi) is 64.6. The fourth-order valence-electron chi connectivity index (χ4n) is 11.3. The predicted molar refractivity (Wildman–Crippen MR) is 377 cm³/mol. The summed E-state index contributed by atoms with van der Waals surface area (Å²) in [5.74, 6) is -0.639. The number of aliphatic hydroxyl groups excluding tert-OH is 1. The lowest BCUT2D eigenvalue weighted by Gasteiger charge is -2.21. The van der Waals surface area contributed by atoms with Gasteiger partial charge in [0.05, 0.1) is 26.4 Å². The van der Waals surface area contributed by atoms with Crippen molar-refractivity contribution in [1.29, 1.82) is 0 Å². The average molecular weight is 1370 g/mol. The largest absolute Gasteiger partial charge is 0.472 e. The first-order chi connectivity index (χ1) is 44.9. The van der Waals surface area contributed by atoms with Crippen molar-refractivity contribution in [3.63, 3.8) is 0 Å². The number of hydrogen-bond acceptors (Lipinski definition) is 15. The number of hydrogen-bond donors (Lipinski definition) is 3. The van der Waals surface area contributed by atoms with Crippen LogP contribution < -0.4 is 0 Å². The summed E-state index contributed by atoms with van der Waals surface area (Å²) < 4.78 is 68.3. The fourth-order valence-corrected chi connectivity index (χ4v) is 12.9. The highest BCUT2D eigenvalue weighted by Crippen LogP contribution is 2.45. The van der Waals surface area contributed by atoms with Gasteiger partial charge in [0.25, 0.3) is 0 Å². The molecule has 2 unspecified atom stereocenters. The highest BCUT2D eigenvalue weighted by Gasteiger charge is 2.30. The van der Waals surface area contributed by atoms with Gasteiger partial charge in [-0.2, -0.15) is 0 Å². The van der Waals surface area contributed by atoms with Gasteiger partial charge in [-0.25, -0.2) is 9.13 Å². The van der Waals surface area contributed by atoms with Gasteiger partial charge in [-0.3, -0.25) is 37.3 Å². The molecule has 3 N–H and O–H groups in total. The monoisotopic (exact) mass is 1370 g/mol. The molecule has 0 bridgehead atoms. The summed E-state index contributed by atoms with van der Waals surface area (Å²) in [7, 11) is -9.90. The van der Waals surface area contributed by atoms with E-state index in [0.717, 1.165) is 109 Å². The molecule has 5 atom stereocenters. The van der Waals surface area contributed by atoms with E-state index in [1.807, 2.05) is 0 Å². The van der Waals surface area contributed by atoms with Gasteiger partial charge in [-0.15, -0.1) is 0 Å². The second kappa shape index (κ2) is 66.0. The zero-order valence-electron chi connectivity index (χ0n) is 60.6. The van der Waals surface area contributed by atoms with Gasteiger partial charge in [-0.1, -0.05) is 330 Å². The summed E-state index contributed by atoms with van der Waals surface area (Å²) in [5, 5.41) is 10.6. The topological polar surface area (TPSA) is 237 Å². The Bertz CT molecular complexity index is 1800. The predicted octanol–water partition coefficient (Wildman–Crippen LogP) is 21.6. The smallest absolute Gasteiger partial charge is 0.462 e. The number of carbonyl (C=O) groups excluding carboxylic acids is 4. The second-order valence-electron chi connectivity index (χ2n) is 27.6. The van der Waals surface area contributed by atoms with Gasteiger partial charge in [0.15, 0.2) is 12.2 Å². The fraction of sp³-hybridized carbons (Fsp3) is 0.946. The van der Waals surface area contributed by atoms with E-state index in [-0.39, 0.29) is 25.7 Å². The van der Waals surface area contributed by atoms with E-state index in [0.29, 0.717) is 31.6 Å². The van der Waals surface area contributed by atoms with Crippen molar-refractivity contribution >= 4 is 39.5 Å². The third-order valence-electron chi connectivity index (χ3n) is 17.2. The molecule has 0 fully saturated rings. The van der Waals surface area contributed by atoms with Crippen molar-refractivity contribution in [2.75, 3.05) is 39.6 Å². The van der Waals surface area contributed by atoms with Gasteiger partial charge >= 0.3 is 39.5 Å². The summed E-state index contributed by atoms with van der Waals surface area (Å²) in [5.41, 5.74) is 0. The van der Waals surface area contributed by atoms with Crippen molar-refractivity contribution in [1.82, 2.24) is 0 Å². The van der Waals surface area contributed by atoms with Crippen molar-refractivity contribution < 1.29 is 80.2 Å². The summed E-state index contributed by atoms with van der Waals surface area (Å²) in [6.07, 6.45) is 53.1. The third kappa shape index (κ3) is 68.4. The highest BCUT2D eigenvalue weighted by molar-refractivity contribution is 7.47. The van der Waals surface area contributed by atoms with Gasteiger partial charge in [0, 0.05) is 25.7 Å². The minimum Gasteiger partial charge on any atom is -0.462 e.